The summed E-state index contributed by atoms with van der Waals surface area (Å²) in [6.07, 6.45) is 16.2. The van der Waals surface area contributed by atoms with E-state index < -0.39 is 0 Å². The molecule has 7 atom stereocenters. The fourth-order valence-corrected chi connectivity index (χ4v) is 9.59. The van der Waals surface area contributed by atoms with E-state index in [2.05, 4.69) is 38.1 Å². The van der Waals surface area contributed by atoms with E-state index in [1.165, 1.54) is 70.6 Å². The van der Waals surface area contributed by atoms with Gasteiger partial charge in [0.2, 0.25) is 5.96 Å². The fourth-order valence-electron chi connectivity index (χ4n) is 8.71. The van der Waals surface area contributed by atoms with Crippen molar-refractivity contribution in [3.63, 3.8) is 0 Å². The van der Waals surface area contributed by atoms with Gasteiger partial charge in [-0.15, -0.1) is 11.8 Å². The van der Waals surface area contributed by atoms with E-state index in [1.807, 2.05) is 11.8 Å². The van der Waals surface area contributed by atoms with Crippen molar-refractivity contribution in [1.82, 2.24) is 5.43 Å². The maximum Gasteiger partial charge on any atom is 0.203 e. The molecule has 172 valence electrons. The molecule has 4 rings (SSSR count). The first kappa shape index (κ1) is 22.8. The van der Waals surface area contributed by atoms with E-state index in [4.69, 9.17) is 11.6 Å². The summed E-state index contributed by atoms with van der Waals surface area (Å²) in [6, 6.07) is 0. The molecule has 0 spiro atoms. The van der Waals surface area contributed by atoms with Gasteiger partial charge in [-0.2, -0.15) is 0 Å². The van der Waals surface area contributed by atoms with Crippen LogP contribution in [-0.2, 0) is 0 Å². The molecule has 0 aromatic heterocycles. The lowest BCUT2D eigenvalue weighted by Crippen LogP contribution is -2.52. The Bertz CT molecular complexity index is 649. The molecule has 0 bridgehead atoms. The quantitative estimate of drug-likeness (QED) is 0.225. The molecule has 5 heteroatoms. The third-order valence-electron chi connectivity index (χ3n) is 10.4. The van der Waals surface area contributed by atoms with Crippen molar-refractivity contribution in [3.8, 4) is 0 Å². The first-order chi connectivity index (χ1) is 14.2. The molecule has 0 aromatic carbocycles. The smallest absolute Gasteiger partial charge is 0.203 e. The number of hydrogen-bond donors (Lipinski definition) is 3. The van der Waals surface area contributed by atoms with Gasteiger partial charge in [-0.25, -0.2) is 10.8 Å². The topological polar surface area (TPSA) is 76.4 Å². The van der Waals surface area contributed by atoms with Crippen LogP contribution < -0.4 is 17.0 Å². The van der Waals surface area contributed by atoms with Crippen molar-refractivity contribution >= 4 is 17.7 Å². The summed E-state index contributed by atoms with van der Waals surface area (Å²) in [4.78, 5) is 4.32. The predicted molar refractivity (Wildman–Crippen MR) is 130 cm³/mol. The zero-order valence-electron chi connectivity index (χ0n) is 19.9. The molecule has 5 N–H and O–H groups in total. The van der Waals surface area contributed by atoms with Gasteiger partial charge in [-0.1, -0.05) is 40.5 Å². The predicted octanol–water partition coefficient (Wildman–Crippen LogP) is 5.67. The molecule has 0 amide bonds. The van der Waals surface area contributed by atoms with Crippen LogP contribution >= 0.6 is 11.8 Å². The van der Waals surface area contributed by atoms with E-state index in [0.717, 1.165) is 29.6 Å². The third kappa shape index (κ3) is 4.02. The van der Waals surface area contributed by atoms with E-state index >= 15 is 0 Å². The normalized spacial score (nSPS) is 44.2. The Hall–Kier alpha value is -0.420. The van der Waals surface area contributed by atoms with Crippen LogP contribution in [0.1, 0.15) is 98.3 Å². The summed E-state index contributed by atoms with van der Waals surface area (Å²) in [6.45, 7) is 10.2. The highest BCUT2D eigenvalue weighted by Gasteiger charge is 2.59. The van der Waals surface area contributed by atoms with Gasteiger partial charge in [-0.3, -0.25) is 5.43 Å². The minimum atomic E-state index is 0.227. The molecule has 7 unspecified atom stereocenters. The van der Waals surface area contributed by atoms with E-state index in [1.54, 1.807) is 0 Å². The highest BCUT2D eigenvalue weighted by atomic mass is 32.2. The fraction of sp³-hybridized carbons (Fsp3) is 0.960. The van der Waals surface area contributed by atoms with Gasteiger partial charge in [0.05, 0.1) is 5.88 Å². The van der Waals surface area contributed by atoms with Crippen molar-refractivity contribution in [2.24, 2.45) is 57.0 Å². The van der Waals surface area contributed by atoms with Crippen molar-refractivity contribution in [3.05, 3.63) is 0 Å². The molecule has 0 heterocycles. The lowest BCUT2D eigenvalue weighted by molar-refractivity contribution is -0.111. The zero-order chi connectivity index (χ0) is 21.6. The molecule has 0 aromatic rings. The second kappa shape index (κ2) is 8.50. The number of hydrazine groups is 1. The van der Waals surface area contributed by atoms with Gasteiger partial charge < -0.3 is 5.73 Å². The Morgan fingerprint density at radius 2 is 1.77 bits per heavy atom. The Balaban J connectivity index is 1.43. The lowest BCUT2D eigenvalue weighted by atomic mass is 9.45. The number of hydrogen-bond acceptors (Lipinski definition) is 3. The summed E-state index contributed by atoms with van der Waals surface area (Å²) < 4.78 is 0.227. The number of nitrogens with zero attached hydrogens (tertiary/aromatic N) is 1. The average molecular weight is 435 g/mol. The van der Waals surface area contributed by atoms with Crippen LogP contribution in [-0.4, -0.2) is 16.6 Å². The van der Waals surface area contributed by atoms with Gasteiger partial charge in [0, 0.05) is 4.75 Å². The van der Waals surface area contributed by atoms with Crippen LogP contribution in [0.3, 0.4) is 0 Å². The maximum atomic E-state index is 5.69. The zero-order valence-corrected chi connectivity index (χ0v) is 20.7. The van der Waals surface area contributed by atoms with E-state index in [0.29, 0.717) is 22.7 Å². The number of nitrogens with one attached hydrogen (secondary N) is 1. The van der Waals surface area contributed by atoms with Gasteiger partial charge in [0.1, 0.15) is 0 Å². The van der Waals surface area contributed by atoms with Gasteiger partial charge in [-0.05, 0) is 98.2 Å². The number of nitrogens with two attached hydrogens (primary N) is 2. The molecule has 0 radical (unpaired) electrons. The molecule has 4 fully saturated rings. The highest BCUT2D eigenvalue weighted by molar-refractivity contribution is 8.00. The monoisotopic (exact) mass is 434 g/mol. The summed E-state index contributed by atoms with van der Waals surface area (Å²) in [5.74, 6) is 11.2. The highest BCUT2D eigenvalue weighted by Crippen LogP contribution is 2.68. The average Bonchev–Trinajstić information content (AvgIpc) is 3.03. The van der Waals surface area contributed by atoms with Crippen LogP contribution in [0.4, 0.5) is 0 Å². The van der Waals surface area contributed by atoms with Crippen molar-refractivity contribution in [2.75, 3.05) is 5.88 Å². The van der Waals surface area contributed by atoms with Gasteiger partial charge in [0.25, 0.3) is 0 Å². The standard InChI is InChI=1S/C25H46N4S/c1-23(2,30-16-28-22(26)29-27)15-18-9-11-20-19-10-8-17-7-5-6-13-24(17,3)21(19)12-14-25(18,20)4/h17-21H,5-16,27H2,1-4H3,(H3,26,28,29). The molecule has 4 saturated carbocycles. The SMILES string of the molecule is CC(C)(CC1CCC2C3CCC4CCCCC4(C)C3CCC12C)SC/N=C(/N)NN. The first-order valence-electron chi connectivity index (χ1n) is 12.6. The largest absolute Gasteiger partial charge is 0.369 e. The van der Waals surface area contributed by atoms with E-state index in [9.17, 15) is 0 Å². The molecule has 30 heavy (non-hydrogen) atoms. The van der Waals surface area contributed by atoms with Crippen LogP contribution in [0.15, 0.2) is 4.99 Å². The number of thioether (sulfide) groups is 1. The van der Waals surface area contributed by atoms with Gasteiger partial charge in [0.15, 0.2) is 0 Å². The molecular weight excluding hydrogens is 388 g/mol. The van der Waals surface area contributed by atoms with Crippen molar-refractivity contribution < 1.29 is 0 Å². The molecule has 4 nitrogen and oxygen atoms in total. The van der Waals surface area contributed by atoms with Crippen LogP contribution in [0.25, 0.3) is 0 Å². The number of rotatable bonds is 5. The molecule has 4 aliphatic carbocycles. The minimum Gasteiger partial charge on any atom is -0.369 e. The van der Waals surface area contributed by atoms with E-state index in [-0.39, 0.29) is 4.75 Å². The Morgan fingerprint density at radius 3 is 2.53 bits per heavy atom. The van der Waals surface area contributed by atoms with Crippen molar-refractivity contribution in [2.45, 2.75) is 103 Å². The second-order valence-electron chi connectivity index (χ2n) is 12.1. The molecule has 0 aliphatic heterocycles. The summed E-state index contributed by atoms with van der Waals surface area (Å²) in [5.41, 5.74) is 9.34. The number of aliphatic imine (C=N–C) groups is 1. The Morgan fingerprint density at radius 1 is 1.00 bits per heavy atom. The number of fused-ring (bicyclic) bond motifs is 5. The minimum absolute atomic E-state index is 0.227. The lowest BCUT2D eigenvalue weighted by Gasteiger charge is -2.60. The van der Waals surface area contributed by atoms with Crippen LogP contribution in [0.2, 0.25) is 0 Å². The Labute approximate surface area is 189 Å². The third-order valence-corrected chi connectivity index (χ3v) is 11.6. The molecule has 0 saturated heterocycles. The summed E-state index contributed by atoms with van der Waals surface area (Å²) >= 11 is 1.92. The van der Waals surface area contributed by atoms with Crippen molar-refractivity contribution in [1.29, 1.82) is 0 Å². The number of guanidine groups is 1. The maximum absolute atomic E-state index is 5.69. The van der Waals surface area contributed by atoms with Crippen LogP contribution in [0, 0.1) is 40.4 Å². The Kier molecular flexibility index (Phi) is 6.45. The first-order valence-corrected chi connectivity index (χ1v) is 13.6. The molecular formula is C25H46N4S. The second-order valence-corrected chi connectivity index (χ2v) is 13.8. The van der Waals surface area contributed by atoms with Crippen LogP contribution in [0.5, 0.6) is 0 Å². The summed E-state index contributed by atoms with van der Waals surface area (Å²) in [5, 5.41) is 0. The molecule has 4 aliphatic rings. The van der Waals surface area contributed by atoms with Gasteiger partial charge >= 0.3 is 0 Å². The summed E-state index contributed by atoms with van der Waals surface area (Å²) in [7, 11) is 0.